The number of ether oxygens (including phenoxy) is 1. The first kappa shape index (κ1) is 17.0. The van der Waals surface area contributed by atoms with Gasteiger partial charge >= 0.3 is 6.09 Å². The smallest absolute Gasteiger partial charge is 0.410 e. The number of aliphatic hydroxyl groups excluding tert-OH is 1. The van der Waals surface area contributed by atoms with E-state index in [1.165, 1.54) is 0 Å². The Balaban J connectivity index is 1.72. The summed E-state index contributed by atoms with van der Waals surface area (Å²) in [7, 11) is 0. The standard InChI is InChI=1S/C20H20N2O3/c21-12-15-6-8-17(9-7-15)19-11-10-18(23)13-22(19)20(24)25-14-16-4-2-1-3-5-16/h1-9,18-19,23H,10-11,13-14H2/t18-,19+/m1/s1. The summed E-state index contributed by atoms with van der Waals surface area (Å²) in [6.45, 7) is 0.449. The van der Waals surface area contributed by atoms with Crippen molar-refractivity contribution in [1.29, 1.82) is 5.26 Å². The molecule has 5 heteroatoms. The Kier molecular flexibility index (Phi) is 5.32. The summed E-state index contributed by atoms with van der Waals surface area (Å²) < 4.78 is 5.44. The second-order valence-corrected chi connectivity index (χ2v) is 6.17. The Morgan fingerprint density at radius 1 is 1.16 bits per heavy atom. The zero-order valence-electron chi connectivity index (χ0n) is 13.8. The number of benzene rings is 2. The molecule has 0 aromatic heterocycles. The van der Waals surface area contributed by atoms with Crippen LogP contribution in [-0.4, -0.2) is 28.7 Å². The molecule has 0 aliphatic carbocycles. The minimum absolute atomic E-state index is 0.153. The predicted octanol–water partition coefficient (Wildman–Crippen LogP) is 3.39. The van der Waals surface area contributed by atoms with E-state index in [2.05, 4.69) is 6.07 Å². The molecule has 1 fully saturated rings. The van der Waals surface area contributed by atoms with Crippen molar-refractivity contribution in [2.75, 3.05) is 6.54 Å². The zero-order chi connectivity index (χ0) is 17.6. The van der Waals surface area contributed by atoms with E-state index in [0.29, 0.717) is 18.4 Å². The van der Waals surface area contributed by atoms with Gasteiger partial charge in [0.05, 0.1) is 30.3 Å². The lowest BCUT2D eigenvalue weighted by Crippen LogP contribution is -2.44. The molecule has 2 aromatic carbocycles. The van der Waals surface area contributed by atoms with E-state index >= 15 is 0 Å². The highest BCUT2D eigenvalue weighted by Gasteiger charge is 2.32. The van der Waals surface area contributed by atoms with Gasteiger partial charge in [0.25, 0.3) is 0 Å². The molecular weight excluding hydrogens is 316 g/mol. The molecule has 1 saturated heterocycles. The first-order valence-electron chi connectivity index (χ1n) is 8.33. The summed E-state index contributed by atoms with van der Waals surface area (Å²) in [4.78, 5) is 14.1. The Labute approximate surface area is 147 Å². The molecule has 0 saturated carbocycles. The third-order valence-corrected chi connectivity index (χ3v) is 4.42. The first-order chi connectivity index (χ1) is 12.2. The maximum absolute atomic E-state index is 12.6. The van der Waals surface area contributed by atoms with Gasteiger partial charge in [-0.15, -0.1) is 0 Å². The molecule has 0 radical (unpaired) electrons. The third-order valence-electron chi connectivity index (χ3n) is 4.42. The third kappa shape index (κ3) is 4.17. The van der Waals surface area contributed by atoms with Gasteiger partial charge in [0.15, 0.2) is 0 Å². The topological polar surface area (TPSA) is 73.6 Å². The molecule has 0 unspecified atom stereocenters. The number of rotatable bonds is 3. The average Bonchev–Trinajstić information content (AvgIpc) is 2.67. The normalized spacial score (nSPS) is 19.9. The number of carbonyl (C=O) groups excluding carboxylic acids is 1. The Bertz CT molecular complexity index is 753. The van der Waals surface area contributed by atoms with Gasteiger partial charge in [-0.3, -0.25) is 4.90 Å². The van der Waals surface area contributed by atoms with Gasteiger partial charge in [-0.25, -0.2) is 4.79 Å². The van der Waals surface area contributed by atoms with Crippen LogP contribution in [0.4, 0.5) is 4.79 Å². The molecule has 2 aromatic rings. The van der Waals surface area contributed by atoms with Crippen LogP contribution in [0, 0.1) is 11.3 Å². The highest BCUT2D eigenvalue weighted by Crippen LogP contribution is 2.31. The highest BCUT2D eigenvalue weighted by atomic mass is 16.6. The van der Waals surface area contributed by atoms with Gasteiger partial charge in [0.1, 0.15) is 6.61 Å². The SMILES string of the molecule is N#Cc1ccc([C@@H]2CC[C@@H](O)CN2C(=O)OCc2ccccc2)cc1. The number of nitriles is 1. The van der Waals surface area contributed by atoms with Crippen LogP contribution in [0.3, 0.4) is 0 Å². The van der Waals surface area contributed by atoms with E-state index in [1.807, 2.05) is 42.5 Å². The zero-order valence-corrected chi connectivity index (χ0v) is 13.8. The maximum Gasteiger partial charge on any atom is 0.410 e. The number of nitrogens with zero attached hydrogens (tertiary/aromatic N) is 2. The lowest BCUT2D eigenvalue weighted by Gasteiger charge is -2.37. The highest BCUT2D eigenvalue weighted by molar-refractivity contribution is 5.68. The van der Waals surface area contributed by atoms with Gasteiger partial charge in [-0.2, -0.15) is 5.26 Å². The molecule has 0 spiro atoms. The second-order valence-electron chi connectivity index (χ2n) is 6.17. The second kappa shape index (κ2) is 7.82. The van der Waals surface area contributed by atoms with Crippen LogP contribution in [0.2, 0.25) is 0 Å². The molecular formula is C20H20N2O3. The Hall–Kier alpha value is -2.84. The minimum Gasteiger partial charge on any atom is -0.445 e. The van der Waals surface area contributed by atoms with Crippen LogP contribution in [0.15, 0.2) is 54.6 Å². The lowest BCUT2D eigenvalue weighted by atomic mass is 9.94. The number of hydrogen-bond donors (Lipinski definition) is 1. The van der Waals surface area contributed by atoms with Crippen molar-refractivity contribution in [3.05, 3.63) is 71.3 Å². The number of likely N-dealkylation sites (tertiary alicyclic amines) is 1. The molecule has 3 rings (SSSR count). The summed E-state index contributed by atoms with van der Waals surface area (Å²) in [5.74, 6) is 0. The van der Waals surface area contributed by atoms with Crippen molar-refractivity contribution in [2.24, 2.45) is 0 Å². The first-order valence-corrected chi connectivity index (χ1v) is 8.33. The van der Waals surface area contributed by atoms with Crippen LogP contribution in [0.25, 0.3) is 0 Å². The molecule has 5 nitrogen and oxygen atoms in total. The minimum atomic E-state index is -0.543. The molecule has 1 N–H and O–H groups in total. The van der Waals surface area contributed by atoms with Crippen LogP contribution in [0.1, 0.15) is 35.6 Å². The Morgan fingerprint density at radius 3 is 2.56 bits per heavy atom. The van der Waals surface area contributed by atoms with Gasteiger partial charge in [-0.1, -0.05) is 42.5 Å². The number of carbonyl (C=O) groups is 1. The van der Waals surface area contributed by atoms with Gasteiger partial charge < -0.3 is 9.84 Å². The van der Waals surface area contributed by atoms with E-state index in [9.17, 15) is 9.90 Å². The number of amides is 1. The molecule has 1 heterocycles. The summed E-state index contributed by atoms with van der Waals surface area (Å²) in [6.07, 6.45) is 0.316. The summed E-state index contributed by atoms with van der Waals surface area (Å²) >= 11 is 0. The molecule has 1 aliphatic rings. The summed E-state index contributed by atoms with van der Waals surface area (Å²) in [6, 6.07) is 18.6. The van der Waals surface area contributed by atoms with Gasteiger partial charge in [0.2, 0.25) is 0 Å². The number of β-amino-alcohol motifs (C(OH)–C–C–N with tert-alkyl or cyclic N) is 1. The van der Waals surface area contributed by atoms with Crippen LogP contribution in [-0.2, 0) is 11.3 Å². The van der Waals surface area contributed by atoms with E-state index in [0.717, 1.165) is 11.1 Å². The number of piperidine rings is 1. The maximum atomic E-state index is 12.6. The van der Waals surface area contributed by atoms with Crippen molar-refractivity contribution < 1.29 is 14.6 Å². The predicted molar refractivity (Wildman–Crippen MR) is 92.5 cm³/mol. The number of hydrogen-bond acceptors (Lipinski definition) is 4. The monoisotopic (exact) mass is 336 g/mol. The van der Waals surface area contributed by atoms with Crippen LogP contribution in [0.5, 0.6) is 0 Å². The van der Waals surface area contributed by atoms with Crippen molar-refractivity contribution >= 4 is 6.09 Å². The summed E-state index contributed by atoms with van der Waals surface area (Å²) in [5, 5.41) is 18.9. The van der Waals surface area contributed by atoms with E-state index in [1.54, 1.807) is 17.0 Å². The fourth-order valence-electron chi connectivity index (χ4n) is 3.08. The molecule has 2 atom stereocenters. The van der Waals surface area contributed by atoms with Gasteiger partial charge in [-0.05, 0) is 36.1 Å². The largest absolute Gasteiger partial charge is 0.445 e. The fraction of sp³-hybridized carbons (Fsp3) is 0.300. The lowest BCUT2D eigenvalue weighted by molar-refractivity contribution is 0.0199. The fourth-order valence-corrected chi connectivity index (χ4v) is 3.08. The van der Waals surface area contributed by atoms with Crippen LogP contribution < -0.4 is 0 Å². The van der Waals surface area contributed by atoms with E-state index in [4.69, 9.17) is 10.00 Å². The average molecular weight is 336 g/mol. The van der Waals surface area contributed by atoms with E-state index < -0.39 is 12.2 Å². The van der Waals surface area contributed by atoms with Crippen molar-refractivity contribution in [3.8, 4) is 6.07 Å². The van der Waals surface area contributed by atoms with Crippen molar-refractivity contribution in [3.63, 3.8) is 0 Å². The number of aliphatic hydroxyl groups is 1. The van der Waals surface area contributed by atoms with Crippen molar-refractivity contribution in [2.45, 2.75) is 31.6 Å². The van der Waals surface area contributed by atoms with Crippen LogP contribution >= 0.6 is 0 Å². The van der Waals surface area contributed by atoms with Gasteiger partial charge in [0, 0.05) is 0 Å². The molecule has 1 amide bonds. The van der Waals surface area contributed by atoms with E-state index in [-0.39, 0.29) is 19.2 Å². The Morgan fingerprint density at radius 2 is 1.88 bits per heavy atom. The molecule has 128 valence electrons. The molecule has 0 bridgehead atoms. The van der Waals surface area contributed by atoms with Crippen molar-refractivity contribution in [1.82, 2.24) is 4.90 Å². The molecule has 25 heavy (non-hydrogen) atoms. The summed E-state index contributed by atoms with van der Waals surface area (Å²) in [5.41, 5.74) is 2.45. The molecule has 1 aliphatic heterocycles. The quantitative estimate of drug-likeness (QED) is 0.932.